The molecule has 0 bridgehead atoms. The van der Waals surface area contributed by atoms with Crippen LogP contribution in [-0.4, -0.2) is 68.5 Å². The summed E-state index contributed by atoms with van der Waals surface area (Å²) < 4.78 is 81.4. The molecule has 13 heteroatoms. The van der Waals surface area contributed by atoms with Crippen LogP contribution in [0.4, 0.5) is 4.39 Å². The Kier molecular flexibility index (Phi) is 6.27. The van der Waals surface area contributed by atoms with Gasteiger partial charge in [0.15, 0.2) is 9.84 Å². The minimum atomic E-state index is -3.89. The maximum Gasteiger partial charge on any atom is 0.225 e. The van der Waals surface area contributed by atoms with Crippen molar-refractivity contribution < 1.29 is 26.4 Å². The van der Waals surface area contributed by atoms with Crippen molar-refractivity contribution in [2.75, 3.05) is 19.5 Å². The average Bonchev–Trinajstić information content (AvgIpc) is 3.52. The Morgan fingerprint density at radius 3 is 2.67 bits per heavy atom. The predicted molar refractivity (Wildman–Crippen MR) is 155 cm³/mol. The molecule has 0 amide bonds. The minimum absolute atomic E-state index is 0.0908. The van der Waals surface area contributed by atoms with Crippen molar-refractivity contribution in [1.82, 2.24) is 34.5 Å². The molecular weight excluding hydrogens is 561 g/mol. The smallest absolute Gasteiger partial charge is 0.225 e. The zero-order chi connectivity index (χ0) is 32.3. The highest BCUT2D eigenvalue weighted by atomic mass is 32.2. The zero-order valence-electron chi connectivity index (χ0n) is 26.6. The quantitative estimate of drug-likeness (QED) is 0.268. The van der Waals surface area contributed by atoms with E-state index < -0.39 is 28.5 Å². The molecule has 5 aromatic rings. The van der Waals surface area contributed by atoms with Gasteiger partial charge in [-0.2, -0.15) is 0 Å². The van der Waals surface area contributed by atoms with Gasteiger partial charge in [-0.1, -0.05) is 5.21 Å². The van der Waals surface area contributed by atoms with Gasteiger partial charge in [0.1, 0.15) is 16.2 Å². The number of hydrogen-bond donors (Lipinski definition) is 0. The number of hydrogen-bond acceptors (Lipinski definition) is 9. The Hall–Kier alpha value is -3.97. The van der Waals surface area contributed by atoms with Gasteiger partial charge in [0.05, 0.1) is 51.8 Å². The first-order valence-electron chi connectivity index (χ1n) is 15.1. The lowest BCUT2D eigenvalue weighted by Crippen LogP contribution is -2.28. The van der Waals surface area contributed by atoms with Crippen LogP contribution in [0.1, 0.15) is 48.2 Å². The van der Waals surface area contributed by atoms with Crippen LogP contribution in [0.5, 0.6) is 5.88 Å². The van der Waals surface area contributed by atoms with E-state index in [4.69, 9.17) is 18.6 Å². The van der Waals surface area contributed by atoms with E-state index in [2.05, 4.69) is 20.3 Å². The van der Waals surface area contributed by atoms with Crippen molar-refractivity contribution in [3.63, 3.8) is 0 Å². The van der Waals surface area contributed by atoms with Gasteiger partial charge >= 0.3 is 0 Å². The average molecular weight is 597 g/mol. The van der Waals surface area contributed by atoms with E-state index in [0.29, 0.717) is 48.0 Å². The highest BCUT2D eigenvalue weighted by molar-refractivity contribution is 7.91. The van der Waals surface area contributed by atoms with Gasteiger partial charge in [-0.15, -0.1) is 5.10 Å². The monoisotopic (exact) mass is 596 g/mol. The number of ether oxygens (including phenoxy) is 2. The summed E-state index contributed by atoms with van der Waals surface area (Å²) in [6.45, 7) is 1.94. The maximum absolute atomic E-state index is 15.8. The molecule has 0 aromatic carbocycles. The molecule has 1 aliphatic rings. The Morgan fingerprint density at radius 1 is 1.19 bits per heavy atom. The first kappa shape index (κ1) is 24.6. The van der Waals surface area contributed by atoms with Crippen LogP contribution in [0.2, 0.25) is 0 Å². The summed E-state index contributed by atoms with van der Waals surface area (Å²) in [5.41, 5.74) is 1.50. The van der Waals surface area contributed by atoms with Crippen molar-refractivity contribution in [2.24, 2.45) is 13.0 Å². The summed E-state index contributed by atoms with van der Waals surface area (Å²) in [5.74, 6) is -0.604. The summed E-state index contributed by atoms with van der Waals surface area (Å²) in [6.07, 6.45) is 6.11. The van der Waals surface area contributed by atoms with Crippen molar-refractivity contribution in [1.29, 1.82) is 0 Å². The molecule has 1 atom stereocenters. The van der Waals surface area contributed by atoms with Gasteiger partial charge in [0, 0.05) is 48.6 Å². The van der Waals surface area contributed by atoms with E-state index in [1.807, 2.05) is 13.8 Å². The SMILES string of the molecule is [2H]C([2H])([2H])c1nnn(C)c1-c1cnc2c3c(OC(C)C)ncc(S(C)(=O)=O)c3n(C(c3ncccc3F)C3CCOCC3)c2c1. The predicted octanol–water partition coefficient (Wildman–Crippen LogP) is 4.43. The molecule has 0 N–H and O–H groups in total. The van der Waals surface area contributed by atoms with E-state index in [1.165, 1.54) is 35.4 Å². The van der Waals surface area contributed by atoms with Crippen LogP contribution in [0.3, 0.4) is 0 Å². The first-order valence-corrected chi connectivity index (χ1v) is 15.4. The number of aromatic nitrogens is 7. The minimum Gasteiger partial charge on any atom is -0.474 e. The topological polar surface area (TPSA) is 127 Å². The molecule has 1 aliphatic heterocycles. The second-order valence-electron chi connectivity index (χ2n) is 10.7. The molecule has 0 radical (unpaired) electrons. The Bertz CT molecular complexity index is 2020. The fourth-order valence-electron chi connectivity index (χ4n) is 5.76. The van der Waals surface area contributed by atoms with E-state index in [9.17, 15) is 8.42 Å². The highest BCUT2D eigenvalue weighted by Gasteiger charge is 2.36. The summed E-state index contributed by atoms with van der Waals surface area (Å²) in [6, 6.07) is 3.73. The summed E-state index contributed by atoms with van der Waals surface area (Å²) >= 11 is 0. The third-order valence-electron chi connectivity index (χ3n) is 7.49. The van der Waals surface area contributed by atoms with Crippen molar-refractivity contribution in [3.05, 3.63) is 54.0 Å². The Morgan fingerprint density at radius 2 is 1.98 bits per heavy atom. The van der Waals surface area contributed by atoms with Gasteiger partial charge in [-0.3, -0.25) is 9.97 Å². The summed E-state index contributed by atoms with van der Waals surface area (Å²) in [7, 11) is -2.32. The lowest BCUT2D eigenvalue weighted by Gasteiger charge is -2.32. The van der Waals surface area contributed by atoms with E-state index >= 15 is 4.39 Å². The van der Waals surface area contributed by atoms with E-state index in [1.54, 1.807) is 17.7 Å². The fraction of sp³-hybridized carbons (Fsp3) is 0.414. The van der Waals surface area contributed by atoms with Gasteiger partial charge in [0.25, 0.3) is 0 Å². The van der Waals surface area contributed by atoms with Gasteiger partial charge < -0.3 is 14.0 Å². The van der Waals surface area contributed by atoms with Gasteiger partial charge in [-0.05, 0) is 57.7 Å². The number of fused-ring (bicyclic) bond motifs is 3. The molecule has 1 unspecified atom stereocenters. The van der Waals surface area contributed by atoms with Crippen LogP contribution in [0.25, 0.3) is 33.2 Å². The molecular formula is C29H32FN7O4S. The lowest BCUT2D eigenvalue weighted by molar-refractivity contribution is 0.0542. The van der Waals surface area contributed by atoms with Crippen LogP contribution >= 0.6 is 0 Å². The lowest BCUT2D eigenvalue weighted by atomic mass is 9.88. The number of aryl methyl sites for hydroxylation is 2. The third kappa shape index (κ3) is 4.79. The Balaban J connectivity index is 1.81. The van der Waals surface area contributed by atoms with Crippen molar-refractivity contribution in [2.45, 2.75) is 50.6 Å². The normalized spacial score (nSPS) is 17.0. The van der Waals surface area contributed by atoms with Crippen LogP contribution in [-0.2, 0) is 21.6 Å². The van der Waals surface area contributed by atoms with Crippen LogP contribution in [0, 0.1) is 18.6 Å². The van der Waals surface area contributed by atoms with Gasteiger partial charge in [-0.25, -0.2) is 22.5 Å². The largest absolute Gasteiger partial charge is 0.474 e. The molecule has 0 spiro atoms. The molecule has 6 heterocycles. The van der Waals surface area contributed by atoms with E-state index in [0.717, 1.165) is 6.26 Å². The summed E-state index contributed by atoms with van der Waals surface area (Å²) in [4.78, 5) is 13.5. The van der Waals surface area contributed by atoms with Gasteiger partial charge in [0.2, 0.25) is 5.88 Å². The molecule has 1 saturated heterocycles. The van der Waals surface area contributed by atoms with Crippen LogP contribution in [0.15, 0.2) is 41.7 Å². The molecule has 0 saturated carbocycles. The Labute approximate surface area is 246 Å². The second kappa shape index (κ2) is 10.7. The van der Waals surface area contributed by atoms with E-state index in [-0.39, 0.29) is 45.4 Å². The van der Waals surface area contributed by atoms with Crippen LogP contribution < -0.4 is 4.74 Å². The number of rotatable bonds is 7. The summed E-state index contributed by atoms with van der Waals surface area (Å²) in [5, 5.41) is 8.19. The molecule has 0 aliphatic carbocycles. The number of halogens is 1. The van der Waals surface area contributed by atoms with Crippen molar-refractivity contribution in [3.8, 4) is 17.1 Å². The maximum atomic E-state index is 15.8. The zero-order valence-corrected chi connectivity index (χ0v) is 24.4. The molecule has 11 nitrogen and oxygen atoms in total. The third-order valence-corrected chi connectivity index (χ3v) is 8.59. The highest BCUT2D eigenvalue weighted by Crippen LogP contribution is 2.45. The number of nitrogens with zero attached hydrogens (tertiary/aromatic N) is 7. The first-order chi connectivity index (χ1) is 21.3. The molecule has 5 aromatic heterocycles. The number of pyridine rings is 3. The molecule has 42 heavy (non-hydrogen) atoms. The second-order valence-corrected chi connectivity index (χ2v) is 12.7. The van der Waals surface area contributed by atoms with Crippen molar-refractivity contribution >= 4 is 31.8 Å². The molecule has 220 valence electrons. The standard InChI is InChI=1S/C29H32FN7O4S/c1-16(2)41-29-23-25-21(13-19(14-32-25)26-17(3)34-35-36(26)4)37(28(23)22(15-33-29)42(5,38)39)27(18-8-11-40-12-9-18)24-20(30)7-6-10-31-24/h6-7,10,13-16,18,27H,8-9,11-12H2,1-5H3/i3D3. The molecule has 1 fully saturated rings. The fourth-order valence-corrected chi connectivity index (χ4v) is 6.55. The number of sulfone groups is 1. The molecule has 6 rings (SSSR count).